The van der Waals surface area contributed by atoms with E-state index < -0.39 is 17.8 Å². The molecule has 4 rings (SSSR count). The van der Waals surface area contributed by atoms with E-state index in [1.54, 1.807) is 0 Å². The van der Waals surface area contributed by atoms with Crippen molar-refractivity contribution in [3.8, 4) is 6.07 Å². The normalized spacial score (nSPS) is 18.5. The van der Waals surface area contributed by atoms with Crippen molar-refractivity contribution >= 4 is 22.8 Å². The second kappa shape index (κ2) is 8.63. The minimum Gasteiger partial charge on any atom is -0.389 e. The molecule has 0 bridgehead atoms. The van der Waals surface area contributed by atoms with Crippen LogP contribution in [0, 0.1) is 17.1 Å². The van der Waals surface area contributed by atoms with Gasteiger partial charge in [0, 0.05) is 20.2 Å². The Balaban J connectivity index is 1.62. The summed E-state index contributed by atoms with van der Waals surface area (Å²) in [5.41, 5.74) is 1.11. The fraction of sp³-hybridized carbons (Fsp3) is 0.350. The summed E-state index contributed by atoms with van der Waals surface area (Å²) in [4.78, 5) is 22.8. The van der Waals surface area contributed by atoms with Gasteiger partial charge < -0.3 is 20.1 Å². The number of ether oxygens (including phenoxy) is 1. The number of H-pyrrole nitrogens is 1. The van der Waals surface area contributed by atoms with E-state index in [2.05, 4.69) is 25.5 Å². The van der Waals surface area contributed by atoms with Crippen LogP contribution in [0.15, 0.2) is 24.5 Å². The van der Waals surface area contributed by atoms with Crippen LogP contribution < -0.4 is 5.32 Å². The first-order valence-electron chi connectivity index (χ1n) is 9.63. The summed E-state index contributed by atoms with van der Waals surface area (Å²) in [6, 6.07) is 5.51. The summed E-state index contributed by atoms with van der Waals surface area (Å²) in [6.07, 6.45) is 1.19. The average Bonchev–Trinajstić information content (AvgIpc) is 3.20. The highest BCUT2D eigenvalue weighted by molar-refractivity contribution is 6.07. The molecule has 1 saturated heterocycles. The molecule has 0 radical (unpaired) electrons. The minimum absolute atomic E-state index is 0.0168. The van der Waals surface area contributed by atoms with Crippen LogP contribution in [0.2, 0.25) is 0 Å². The lowest BCUT2D eigenvalue weighted by atomic mass is 10.1. The Morgan fingerprint density at radius 2 is 2.32 bits per heavy atom. The number of nitriles is 1. The molecule has 2 aromatic heterocycles. The molecule has 1 aliphatic rings. The summed E-state index contributed by atoms with van der Waals surface area (Å²) in [6.45, 7) is 0.724. The highest BCUT2D eigenvalue weighted by Gasteiger charge is 2.27. The molecule has 0 unspecified atom stereocenters. The van der Waals surface area contributed by atoms with E-state index in [-0.39, 0.29) is 30.5 Å². The smallest absolute Gasteiger partial charge is 0.275 e. The van der Waals surface area contributed by atoms with Gasteiger partial charge in [-0.25, -0.2) is 14.4 Å². The molecule has 0 spiro atoms. The number of nitrogens with zero attached hydrogens (tertiary/aromatic N) is 5. The zero-order valence-electron chi connectivity index (χ0n) is 16.7. The Bertz CT molecular complexity index is 1160. The fourth-order valence-corrected chi connectivity index (χ4v) is 3.50. The topological polar surface area (TPSA) is 140 Å². The van der Waals surface area contributed by atoms with Gasteiger partial charge in [0.15, 0.2) is 11.3 Å². The highest BCUT2D eigenvalue weighted by Crippen LogP contribution is 2.25. The Kier molecular flexibility index (Phi) is 5.75. The van der Waals surface area contributed by atoms with Gasteiger partial charge >= 0.3 is 0 Å². The standard InChI is InChI=1S/C20H20FN7O3/c1-28(8-12-6-13(21)3-2-11(12)7-22)20(30)17-16-18(23-10-24-19(16)27-26-17)25-14-4-5-31-9-15(14)29/h2-3,6,10,14-15,29H,4-5,8-9H2,1H3,(H2,23,24,25,26,27)/t14-,15-/m1/s1. The molecule has 31 heavy (non-hydrogen) atoms. The quantitative estimate of drug-likeness (QED) is 0.554. The Morgan fingerprint density at radius 3 is 3.10 bits per heavy atom. The van der Waals surface area contributed by atoms with E-state index in [1.807, 2.05) is 6.07 Å². The van der Waals surface area contributed by atoms with Crippen molar-refractivity contribution in [2.75, 3.05) is 25.6 Å². The summed E-state index contributed by atoms with van der Waals surface area (Å²) in [7, 11) is 1.54. The predicted octanol–water partition coefficient (Wildman–Crippen LogP) is 1.20. The molecule has 3 aromatic rings. The first kappa shape index (κ1) is 20.6. The lowest BCUT2D eigenvalue weighted by Gasteiger charge is -2.29. The number of nitrogens with one attached hydrogen (secondary N) is 2. The zero-order chi connectivity index (χ0) is 22.0. The van der Waals surface area contributed by atoms with Crippen LogP contribution >= 0.6 is 0 Å². The molecule has 10 nitrogen and oxygen atoms in total. The number of aromatic nitrogens is 4. The Morgan fingerprint density at radius 1 is 1.48 bits per heavy atom. The number of rotatable bonds is 5. The predicted molar refractivity (Wildman–Crippen MR) is 107 cm³/mol. The number of carbonyl (C=O) groups is 1. The fourth-order valence-electron chi connectivity index (χ4n) is 3.50. The molecule has 1 amide bonds. The van der Waals surface area contributed by atoms with Crippen molar-refractivity contribution in [3.05, 3.63) is 47.2 Å². The van der Waals surface area contributed by atoms with Gasteiger partial charge in [0.2, 0.25) is 0 Å². The van der Waals surface area contributed by atoms with Gasteiger partial charge in [-0.15, -0.1) is 0 Å². The number of aromatic amines is 1. The molecular weight excluding hydrogens is 405 g/mol. The van der Waals surface area contributed by atoms with E-state index >= 15 is 0 Å². The number of carbonyl (C=O) groups excluding carboxylic acids is 1. The summed E-state index contributed by atoms with van der Waals surface area (Å²) >= 11 is 0. The molecule has 1 aromatic carbocycles. The second-order valence-corrected chi connectivity index (χ2v) is 7.27. The molecule has 0 aliphatic carbocycles. The molecule has 1 aliphatic heterocycles. The summed E-state index contributed by atoms with van der Waals surface area (Å²) in [5, 5.41) is 29.8. The largest absolute Gasteiger partial charge is 0.389 e. The average molecular weight is 425 g/mol. The molecule has 0 saturated carbocycles. The third-order valence-corrected chi connectivity index (χ3v) is 5.15. The van der Waals surface area contributed by atoms with Crippen molar-refractivity contribution < 1.29 is 19.0 Å². The number of hydrogen-bond donors (Lipinski definition) is 3. The molecule has 3 heterocycles. The summed E-state index contributed by atoms with van der Waals surface area (Å²) < 4.78 is 18.9. The van der Waals surface area contributed by atoms with Crippen molar-refractivity contribution in [2.45, 2.75) is 25.1 Å². The summed E-state index contributed by atoms with van der Waals surface area (Å²) in [5.74, 6) is -0.579. The zero-order valence-corrected chi connectivity index (χ0v) is 16.7. The van der Waals surface area contributed by atoms with Crippen molar-refractivity contribution in [2.24, 2.45) is 0 Å². The lowest BCUT2D eigenvalue weighted by Crippen LogP contribution is -2.42. The SMILES string of the molecule is CN(Cc1cc(F)ccc1C#N)C(=O)c1n[nH]c2ncnc(N[C@@H]3CCOC[C@H]3O)c12. The molecule has 160 valence electrons. The monoisotopic (exact) mass is 425 g/mol. The van der Waals surface area contributed by atoms with Gasteiger partial charge in [0.25, 0.3) is 5.91 Å². The lowest BCUT2D eigenvalue weighted by molar-refractivity contribution is -0.0135. The maximum atomic E-state index is 13.6. The van der Waals surface area contributed by atoms with Gasteiger partial charge in [0.1, 0.15) is 18.0 Å². The number of anilines is 1. The van der Waals surface area contributed by atoms with Gasteiger partial charge in [-0.3, -0.25) is 9.89 Å². The van der Waals surface area contributed by atoms with E-state index in [0.29, 0.717) is 35.4 Å². The maximum Gasteiger partial charge on any atom is 0.275 e. The molecule has 1 fully saturated rings. The first-order chi connectivity index (χ1) is 15.0. The van der Waals surface area contributed by atoms with Crippen molar-refractivity contribution in [3.63, 3.8) is 0 Å². The third kappa shape index (κ3) is 4.16. The van der Waals surface area contributed by atoms with Gasteiger partial charge in [-0.1, -0.05) is 0 Å². The van der Waals surface area contributed by atoms with E-state index in [4.69, 9.17) is 4.74 Å². The van der Waals surface area contributed by atoms with Crippen LogP contribution in [-0.4, -0.2) is 68.5 Å². The molecular formula is C20H20FN7O3. The van der Waals surface area contributed by atoms with Crippen LogP contribution in [0.25, 0.3) is 11.0 Å². The number of halogens is 1. The van der Waals surface area contributed by atoms with Crippen molar-refractivity contribution in [1.82, 2.24) is 25.1 Å². The van der Waals surface area contributed by atoms with Crippen LogP contribution in [0.1, 0.15) is 28.0 Å². The van der Waals surface area contributed by atoms with E-state index in [9.17, 15) is 19.6 Å². The number of benzene rings is 1. The number of fused-ring (bicyclic) bond motifs is 1. The minimum atomic E-state index is -0.718. The van der Waals surface area contributed by atoms with E-state index in [0.717, 1.165) is 0 Å². The Hall–Kier alpha value is -3.62. The van der Waals surface area contributed by atoms with Gasteiger partial charge in [0.05, 0.1) is 35.8 Å². The molecule has 3 N–H and O–H groups in total. The molecule has 11 heteroatoms. The first-order valence-corrected chi connectivity index (χ1v) is 9.63. The third-order valence-electron chi connectivity index (χ3n) is 5.15. The van der Waals surface area contributed by atoms with Crippen LogP contribution in [0.4, 0.5) is 10.2 Å². The van der Waals surface area contributed by atoms with Gasteiger partial charge in [-0.2, -0.15) is 10.4 Å². The van der Waals surface area contributed by atoms with Gasteiger partial charge in [-0.05, 0) is 30.2 Å². The number of hydrogen-bond acceptors (Lipinski definition) is 8. The van der Waals surface area contributed by atoms with Crippen LogP contribution in [0.3, 0.4) is 0 Å². The molecule has 2 atom stereocenters. The number of amides is 1. The van der Waals surface area contributed by atoms with E-state index in [1.165, 1.54) is 36.5 Å². The van der Waals surface area contributed by atoms with Crippen LogP contribution in [-0.2, 0) is 11.3 Å². The Labute approximate surface area is 176 Å². The second-order valence-electron chi connectivity index (χ2n) is 7.27. The number of aliphatic hydroxyl groups excluding tert-OH is 1. The van der Waals surface area contributed by atoms with Crippen LogP contribution in [0.5, 0.6) is 0 Å². The maximum absolute atomic E-state index is 13.6. The van der Waals surface area contributed by atoms with Crippen molar-refractivity contribution in [1.29, 1.82) is 5.26 Å². The number of aliphatic hydroxyl groups is 1. The highest BCUT2D eigenvalue weighted by atomic mass is 19.1.